The second-order valence-electron chi connectivity index (χ2n) is 6.89. The van der Waals surface area contributed by atoms with E-state index in [1.165, 1.54) is 37.7 Å². The molecule has 0 fully saturated rings. The largest absolute Gasteiger partial charge is 0.351 e. The molecule has 166 valence electrons. The van der Waals surface area contributed by atoms with Crippen molar-refractivity contribution in [2.24, 2.45) is 0 Å². The van der Waals surface area contributed by atoms with Gasteiger partial charge in [-0.05, 0) is 44.2 Å². The van der Waals surface area contributed by atoms with Crippen molar-refractivity contribution in [2.45, 2.75) is 70.7 Å². The van der Waals surface area contributed by atoms with Gasteiger partial charge in [-0.15, -0.1) is 0 Å². The molecule has 0 amide bonds. The van der Waals surface area contributed by atoms with Crippen molar-refractivity contribution in [3.05, 3.63) is 41.5 Å². The van der Waals surface area contributed by atoms with Crippen LogP contribution in [-0.4, -0.2) is 31.2 Å². The SMILES string of the molecule is CCCCCCCc1ccc(C=CCC(P(=O)(OCC)OCC)S(=O)(=O)O)cc1. The summed E-state index contributed by atoms with van der Waals surface area (Å²) < 4.78 is 56.1. The number of unbranched alkanes of at least 4 members (excludes halogenated alkanes) is 4. The maximum absolute atomic E-state index is 12.8. The zero-order valence-corrected chi connectivity index (χ0v) is 19.5. The maximum atomic E-state index is 12.8. The van der Waals surface area contributed by atoms with Crippen LogP contribution >= 0.6 is 7.60 Å². The molecule has 0 saturated heterocycles. The van der Waals surface area contributed by atoms with E-state index in [9.17, 15) is 17.5 Å². The van der Waals surface area contributed by atoms with Crippen LogP contribution in [0.25, 0.3) is 6.08 Å². The summed E-state index contributed by atoms with van der Waals surface area (Å²) in [6.07, 6.45) is 10.4. The molecule has 0 saturated carbocycles. The van der Waals surface area contributed by atoms with E-state index in [0.29, 0.717) is 0 Å². The van der Waals surface area contributed by atoms with E-state index in [-0.39, 0.29) is 19.6 Å². The van der Waals surface area contributed by atoms with Gasteiger partial charge in [0.05, 0.1) is 13.2 Å². The van der Waals surface area contributed by atoms with E-state index in [1.54, 1.807) is 26.0 Å². The third-order valence-electron chi connectivity index (χ3n) is 4.51. The Bertz CT molecular complexity index is 748. The summed E-state index contributed by atoms with van der Waals surface area (Å²) in [6.45, 7) is 5.43. The standard InChI is InChI=1S/C21H35O6PS/c1-4-7-8-9-10-12-19-15-17-20(18-16-19)13-11-14-21(29(23,24)25)28(22,26-5-2)27-6-3/h11,13,15-18,21H,4-10,12,14H2,1-3H3,(H,23,24,25). The van der Waals surface area contributed by atoms with E-state index < -0.39 is 22.7 Å². The highest BCUT2D eigenvalue weighted by Crippen LogP contribution is 2.56. The molecule has 1 atom stereocenters. The van der Waals surface area contributed by atoms with Crippen LogP contribution in [0.15, 0.2) is 30.3 Å². The Labute approximate surface area is 176 Å². The Kier molecular flexibility index (Phi) is 12.0. The minimum Gasteiger partial charge on any atom is -0.308 e. The highest BCUT2D eigenvalue weighted by Gasteiger charge is 2.43. The second kappa shape index (κ2) is 13.3. The molecule has 1 unspecified atom stereocenters. The topological polar surface area (TPSA) is 89.9 Å². The smallest absolute Gasteiger partial charge is 0.308 e. The summed E-state index contributed by atoms with van der Waals surface area (Å²) in [5, 5.41) is 0. The van der Waals surface area contributed by atoms with Gasteiger partial charge < -0.3 is 9.05 Å². The molecule has 1 aromatic carbocycles. The first-order valence-corrected chi connectivity index (χ1v) is 13.5. The molecule has 0 spiro atoms. The first-order chi connectivity index (χ1) is 13.8. The van der Waals surface area contributed by atoms with E-state index >= 15 is 0 Å². The summed E-state index contributed by atoms with van der Waals surface area (Å²) in [5.41, 5.74) is 2.17. The highest BCUT2D eigenvalue weighted by molar-refractivity contribution is 7.94. The van der Waals surface area contributed by atoms with E-state index in [1.807, 2.05) is 12.1 Å². The number of hydrogen-bond acceptors (Lipinski definition) is 5. The van der Waals surface area contributed by atoms with Crippen LogP contribution in [0.1, 0.15) is 70.4 Å². The number of rotatable bonds is 15. The van der Waals surface area contributed by atoms with Crippen LogP contribution in [0.2, 0.25) is 0 Å². The van der Waals surface area contributed by atoms with Gasteiger partial charge in [-0.25, -0.2) is 0 Å². The Hall–Kier alpha value is -0.980. The van der Waals surface area contributed by atoms with Crippen LogP contribution in [0.4, 0.5) is 0 Å². The van der Waals surface area contributed by atoms with Gasteiger partial charge in [0, 0.05) is 0 Å². The number of aryl methyl sites for hydroxylation is 1. The van der Waals surface area contributed by atoms with Crippen molar-refractivity contribution in [1.82, 2.24) is 0 Å². The van der Waals surface area contributed by atoms with Gasteiger partial charge in [0.25, 0.3) is 10.1 Å². The molecule has 29 heavy (non-hydrogen) atoms. The molecular weight excluding hydrogens is 411 g/mol. The minimum atomic E-state index is -4.61. The predicted molar refractivity (Wildman–Crippen MR) is 119 cm³/mol. The fourth-order valence-corrected chi connectivity index (χ4v) is 6.56. The van der Waals surface area contributed by atoms with Crippen molar-refractivity contribution in [1.29, 1.82) is 0 Å². The molecule has 0 aliphatic heterocycles. The predicted octanol–water partition coefficient (Wildman–Crippen LogP) is 6.08. The highest BCUT2D eigenvalue weighted by atomic mass is 32.2. The third kappa shape index (κ3) is 9.58. The van der Waals surface area contributed by atoms with Crippen molar-refractivity contribution >= 4 is 23.8 Å². The van der Waals surface area contributed by atoms with E-state index in [2.05, 4.69) is 19.1 Å². The average molecular weight is 447 g/mol. The zero-order chi connectivity index (χ0) is 21.8. The van der Waals surface area contributed by atoms with Gasteiger partial charge in [0.2, 0.25) is 0 Å². The first-order valence-electron chi connectivity index (χ1n) is 10.4. The molecule has 8 heteroatoms. The number of hydrogen-bond donors (Lipinski definition) is 1. The Morgan fingerprint density at radius 1 is 1.00 bits per heavy atom. The molecule has 0 radical (unpaired) electrons. The molecule has 0 heterocycles. The van der Waals surface area contributed by atoms with Gasteiger partial charge in [-0.2, -0.15) is 8.42 Å². The lowest BCUT2D eigenvalue weighted by molar-refractivity contribution is 0.216. The quantitative estimate of drug-likeness (QED) is 0.199. The Morgan fingerprint density at radius 3 is 2.10 bits per heavy atom. The number of allylic oxidation sites excluding steroid dienone is 1. The fourth-order valence-electron chi connectivity index (χ4n) is 3.03. The Morgan fingerprint density at radius 2 is 1.59 bits per heavy atom. The molecular formula is C21H35O6PS. The van der Waals surface area contributed by atoms with Crippen molar-refractivity contribution in [2.75, 3.05) is 13.2 Å². The lowest BCUT2D eigenvalue weighted by Crippen LogP contribution is -2.22. The zero-order valence-electron chi connectivity index (χ0n) is 17.7. The van der Waals surface area contributed by atoms with E-state index in [4.69, 9.17) is 9.05 Å². The molecule has 6 nitrogen and oxygen atoms in total. The van der Waals surface area contributed by atoms with Crippen molar-refractivity contribution in [3.8, 4) is 0 Å². The molecule has 1 rings (SSSR count). The van der Waals surface area contributed by atoms with Gasteiger partial charge in [0.15, 0.2) is 4.99 Å². The summed E-state index contributed by atoms with van der Waals surface area (Å²) in [5.74, 6) is 0. The minimum absolute atomic E-state index is 0.0208. The first kappa shape index (κ1) is 26.1. The monoisotopic (exact) mass is 446 g/mol. The van der Waals surface area contributed by atoms with Crippen LogP contribution in [0, 0.1) is 0 Å². The van der Waals surface area contributed by atoms with Gasteiger partial charge in [0.1, 0.15) is 0 Å². The van der Waals surface area contributed by atoms with Crippen LogP contribution in [0.5, 0.6) is 0 Å². The summed E-state index contributed by atoms with van der Waals surface area (Å²) in [6, 6.07) is 8.05. The van der Waals surface area contributed by atoms with E-state index in [0.717, 1.165) is 12.0 Å². The Balaban J connectivity index is 2.73. The van der Waals surface area contributed by atoms with Gasteiger partial charge >= 0.3 is 7.60 Å². The average Bonchev–Trinajstić information content (AvgIpc) is 2.65. The van der Waals surface area contributed by atoms with Crippen molar-refractivity contribution < 1.29 is 26.6 Å². The van der Waals surface area contributed by atoms with Crippen LogP contribution in [-0.2, 0) is 30.2 Å². The molecule has 0 bridgehead atoms. The maximum Gasteiger partial charge on any atom is 0.351 e. The summed E-state index contributed by atoms with van der Waals surface area (Å²) in [7, 11) is -8.60. The van der Waals surface area contributed by atoms with Gasteiger partial charge in [-0.1, -0.05) is 69.0 Å². The lowest BCUT2D eigenvalue weighted by Gasteiger charge is -2.23. The molecule has 1 aromatic rings. The molecule has 0 aliphatic carbocycles. The van der Waals surface area contributed by atoms with Crippen LogP contribution < -0.4 is 0 Å². The fraction of sp³-hybridized carbons (Fsp3) is 0.619. The van der Waals surface area contributed by atoms with Gasteiger partial charge in [-0.3, -0.25) is 9.12 Å². The normalized spacial score (nSPS) is 13.8. The third-order valence-corrected chi connectivity index (χ3v) is 9.12. The lowest BCUT2D eigenvalue weighted by atomic mass is 10.0. The molecule has 0 aromatic heterocycles. The molecule has 0 aliphatic rings. The number of benzene rings is 1. The molecule has 1 N–H and O–H groups in total. The summed E-state index contributed by atoms with van der Waals surface area (Å²) >= 11 is 0. The summed E-state index contributed by atoms with van der Waals surface area (Å²) in [4.78, 5) is -1.64. The van der Waals surface area contributed by atoms with Crippen molar-refractivity contribution in [3.63, 3.8) is 0 Å². The second-order valence-corrected chi connectivity index (χ2v) is 11.1. The van der Waals surface area contributed by atoms with Crippen LogP contribution in [0.3, 0.4) is 0 Å².